The quantitative estimate of drug-likeness (QED) is 0.894. The minimum atomic E-state index is -0.142. The van der Waals surface area contributed by atoms with E-state index in [1.807, 2.05) is 32.0 Å². The molecule has 1 aliphatic heterocycles. The summed E-state index contributed by atoms with van der Waals surface area (Å²) >= 11 is 6.50. The Morgan fingerprint density at radius 3 is 2.73 bits per heavy atom. The molecule has 2 heterocycles. The number of amides is 1. The summed E-state index contributed by atoms with van der Waals surface area (Å²) in [6.45, 7) is 4.59. The van der Waals surface area contributed by atoms with Gasteiger partial charge in [0.05, 0.1) is 23.2 Å². The second-order valence-corrected chi connectivity index (χ2v) is 7.53. The van der Waals surface area contributed by atoms with Gasteiger partial charge in [0, 0.05) is 17.8 Å². The molecule has 1 fully saturated rings. The van der Waals surface area contributed by atoms with Crippen LogP contribution >= 0.6 is 11.6 Å². The maximum atomic E-state index is 13.1. The molecule has 136 valence electrons. The molecule has 2 aliphatic rings. The number of H-pyrrole nitrogens is 1. The van der Waals surface area contributed by atoms with Crippen molar-refractivity contribution < 1.29 is 9.53 Å². The van der Waals surface area contributed by atoms with E-state index in [9.17, 15) is 9.59 Å². The standard InChI is InChI=1S/C20H21ClN2O3/c1-11-9-12(2)22-19(24)15(11)10-23-8-7-13-3-6-16(26-14-4-5-14)18(21)17(13)20(23)25/h3,6,9,14H,4-5,7-8,10H2,1-2H3,(H,22,24). The summed E-state index contributed by atoms with van der Waals surface area (Å²) in [5.74, 6) is 0.435. The first kappa shape index (κ1) is 17.2. The van der Waals surface area contributed by atoms with Crippen LogP contribution in [0.2, 0.25) is 5.02 Å². The summed E-state index contributed by atoms with van der Waals surface area (Å²) in [7, 11) is 0. The second kappa shape index (κ2) is 6.47. The topological polar surface area (TPSA) is 62.4 Å². The van der Waals surface area contributed by atoms with Gasteiger partial charge in [0.2, 0.25) is 0 Å². The van der Waals surface area contributed by atoms with Crippen LogP contribution in [0, 0.1) is 13.8 Å². The molecule has 1 saturated carbocycles. The third kappa shape index (κ3) is 3.12. The van der Waals surface area contributed by atoms with Crippen molar-refractivity contribution in [1.29, 1.82) is 0 Å². The highest BCUT2D eigenvalue weighted by molar-refractivity contribution is 6.35. The fourth-order valence-electron chi connectivity index (χ4n) is 3.43. The SMILES string of the molecule is Cc1cc(C)c(CN2CCc3ccc(OC4CC4)c(Cl)c3C2=O)c(=O)[nH]1. The summed E-state index contributed by atoms with van der Waals surface area (Å²) in [6, 6.07) is 5.71. The predicted molar refractivity (Wildman–Crippen MR) is 100 cm³/mol. The number of pyridine rings is 1. The summed E-state index contributed by atoms with van der Waals surface area (Å²) in [4.78, 5) is 29.9. The summed E-state index contributed by atoms with van der Waals surface area (Å²) in [6.07, 6.45) is 2.99. The Morgan fingerprint density at radius 2 is 2.04 bits per heavy atom. The van der Waals surface area contributed by atoms with Crippen LogP contribution in [0.3, 0.4) is 0 Å². The zero-order valence-electron chi connectivity index (χ0n) is 14.9. The molecule has 0 unspecified atom stereocenters. The van der Waals surface area contributed by atoms with E-state index in [1.165, 1.54) is 0 Å². The zero-order valence-corrected chi connectivity index (χ0v) is 15.7. The van der Waals surface area contributed by atoms with Gasteiger partial charge in [-0.3, -0.25) is 9.59 Å². The lowest BCUT2D eigenvalue weighted by atomic mass is 9.97. The fraction of sp³-hybridized carbons (Fsp3) is 0.400. The molecule has 1 N–H and O–H groups in total. The van der Waals surface area contributed by atoms with Crippen LogP contribution in [-0.4, -0.2) is 28.4 Å². The molecule has 5 nitrogen and oxygen atoms in total. The molecule has 0 saturated heterocycles. The van der Waals surface area contributed by atoms with Gasteiger partial charge in [0.1, 0.15) is 5.75 Å². The van der Waals surface area contributed by atoms with Gasteiger partial charge < -0.3 is 14.6 Å². The van der Waals surface area contributed by atoms with Crippen molar-refractivity contribution in [1.82, 2.24) is 9.88 Å². The molecule has 1 aromatic heterocycles. The number of fused-ring (bicyclic) bond motifs is 1. The number of aromatic amines is 1. The monoisotopic (exact) mass is 372 g/mol. The van der Waals surface area contributed by atoms with Gasteiger partial charge >= 0.3 is 0 Å². The molecule has 1 aromatic carbocycles. The maximum Gasteiger partial charge on any atom is 0.256 e. The van der Waals surface area contributed by atoms with Crippen molar-refractivity contribution in [2.75, 3.05) is 6.54 Å². The van der Waals surface area contributed by atoms with Crippen LogP contribution in [0.4, 0.5) is 0 Å². The number of nitrogens with zero attached hydrogens (tertiary/aromatic N) is 1. The predicted octanol–water partition coefficient (Wildman–Crippen LogP) is 3.38. The number of hydrogen-bond donors (Lipinski definition) is 1. The lowest BCUT2D eigenvalue weighted by Crippen LogP contribution is -2.39. The molecule has 0 radical (unpaired) electrons. The Morgan fingerprint density at radius 1 is 1.27 bits per heavy atom. The number of rotatable bonds is 4. The molecule has 1 aliphatic carbocycles. The van der Waals surface area contributed by atoms with Gasteiger partial charge in [-0.2, -0.15) is 0 Å². The van der Waals surface area contributed by atoms with Crippen LogP contribution in [-0.2, 0) is 13.0 Å². The van der Waals surface area contributed by atoms with Gasteiger partial charge in [0.15, 0.2) is 0 Å². The highest BCUT2D eigenvalue weighted by atomic mass is 35.5. The smallest absolute Gasteiger partial charge is 0.256 e. The Hall–Kier alpha value is -2.27. The van der Waals surface area contributed by atoms with Crippen LogP contribution in [0.25, 0.3) is 0 Å². The van der Waals surface area contributed by atoms with E-state index < -0.39 is 0 Å². The normalized spacial score (nSPS) is 16.6. The summed E-state index contributed by atoms with van der Waals surface area (Å²) in [5.41, 5.74) is 3.64. The van der Waals surface area contributed by atoms with E-state index in [1.54, 1.807) is 4.90 Å². The van der Waals surface area contributed by atoms with Gasteiger partial charge in [0.25, 0.3) is 11.5 Å². The number of nitrogens with one attached hydrogen (secondary N) is 1. The van der Waals surface area contributed by atoms with Crippen LogP contribution in [0.1, 0.15) is 45.6 Å². The zero-order chi connectivity index (χ0) is 18.4. The third-order valence-corrected chi connectivity index (χ3v) is 5.38. The van der Waals surface area contributed by atoms with Crippen molar-refractivity contribution in [2.45, 2.75) is 45.8 Å². The number of aryl methyl sites for hydroxylation is 2. The van der Waals surface area contributed by atoms with Crippen LogP contribution in [0.5, 0.6) is 5.75 Å². The van der Waals surface area contributed by atoms with Crippen molar-refractivity contribution in [3.05, 3.63) is 61.5 Å². The largest absolute Gasteiger partial charge is 0.489 e. The highest BCUT2D eigenvalue weighted by Gasteiger charge is 2.31. The number of hydrogen-bond acceptors (Lipinski definition) is 3. The average molecular weight is 373 g/mol. The lowest BCUT2D eigenvalue weighted by molar-refractivity contribution is 0.0725. The minimum Gasteiger partial charge on any atom is -0.489 e. The van der Waals surface area contributed by atoms with E-state index in [4.69, 9.17) is 16.3 Å². The van der Waals surface area contributed by atoms with Crippen molar-refractivity contribution in [3.8, 4) is 5.75 Å². The van der Waals surface area contributed by atoms with Gasteiger partial charge in [-0.05, 0) is 56.4 Å². The Labute approximate surface area is 156 Å². The first-order valence-electron chi connectivity index (χ1n) is 8.90. The molecular weight excluding hydrogens is 352 g/mol. The van der Waals surface area contributed by atoms with Crippen LogP contribution in [0.15, 0.2) is 23.0 Å². The molecule has 0 bridgehead atoms. The summed E-state index contributed by atoms with van der Waals surface area (Å²) in [5, 5.41) is 0.388. The van der Waals surface area contributed by atoms with E-state index >= 15 is 0 Å². The number of aromatic nitrogens is 1. The Kier molecular flexibility index (Phi) is 4.27. The first-order chi connectivity index (χ1) is 12.4. The van der Waals surface area contributed by atoms with Gasteiger partial charge in [-0.15, -0.1) is 0 Å². The van der Waals surface area contributed by atoms with E-state index in [2.05, 4.69) is 4.98 Å². The molecule has 26 heavy (non-hydrogen) atoms. The highest BCUT2D eigenvalue weighted by Crippen LogP contribution is 2.37. The average Bonchev–Trinajstić information content (AvgIpc) is 3.39. The molecule has 0 spiro atoms. The number of ether oxygens (including phenoxy) is 1. The van der Waals surface area contributed by atoms with E-state index in [-0.39, 0.29) is 24.1 Å². The van der Waals surface area contributed by atoms with Crippen molar-refractivity contribution in [2.24, 2.45) is 0 Å². The number of carbonyl (C=O) groups is 1. The van der Waals surface area contributed by atoms with Crippen molar-refractivity contribution in [3.63, 3.8) is 0 Å². The molecule has 4 rings (SSSR count). The maximum absolute atomic E-state index is 13.1. The van der Waals surface area contributed by atoms with Gasteiger partial charge in [-0.25, -0.2) is 0 Å². The number of carbonyl (C=O) groups excluding carboxylic acids is 1. The molecule has 2 aromatic rings. The Bertz CT molecular complexity index is 947. The summed E-state index contributed by atoms with van der Waals surface area (Å²) < 4.78 is 5.82. The van der Waals surface area contributed by atoms with Crippen LogP contribution < -0.4 is 10.3 Å². The minimum absolute atomic E-state index is 0.141. The Balaban J connectivity index is 1.64. The fourth-order valence-corrected chi connectivity index (χ4v) is 3.74. The first-order valence-corrected chi connectivity index (χ1v) is 9.28. The molecule has 1 amide bonds. The molecule has 0 atom stereocenters. The van der Waals surface area contributed by atoms with Gasteiger partial charge in [-0.1, -0.05) is 17.7 Å². The number of halogens is 1. The third-order valence-electron chi connectivity index (χ3n) is 5.01. The number of benzene rings is 1. The van der Waals surface area contributed by atoms with Crippen molar-refractivity contribution >= 4 is 17.5 Å². The van der Waals surface area contributed by atoms with E-state index in [0.29, 0.717) is 34.9 Å². The molecular formula is C20H21ClN2O3. The molecule has 6 heteroatoms. The second-order valence-electron chi connectivity index (χ2n) is 7.15. The lowest BCUT2D eigenvalue weighted by Gasteiger charge is -2.30. The van der Waals surface area contributed by atoms with E-state index in [0.717, 1.165) is 29.7 Å².